The zero-order chi connectivity index (χ0) is 18.1. The first-order valence-electron chi connectivity index (χ1n) is 7.85. The topological polar surface area (TPSA) is 91.0 Å². The van der Waals surface area contributed by atoms with Crippen LogP contribution in [0.2, 0.25) is 0 Å². The number of rotatable bonds is 4. The summed E-state index contributed by atoms with van der Waals surface area (Å²) in [6.07, 6.45) is 4.91. The second kappa shape index (κ2) is 6.53. The van der Waals surface area contributed by atoms with Gasteiger partial charge in [-0.1, -0.05) is 12.1 Å². The molecule has 4 rings (SSSR count). The van der Waals surface area contributed by atoms with E-state index in [2.05, 4.69) is 15.0 Å². The first-order chi connectivity index (χ1) is 12.6. The second-order valence-corrected chi connectivity index (χ2v) is 6.56. The SMILES string of the molecule is Cc1ccnc(Oc2ccc(-c3csc4c(C(N)=O)cncc34)cc2)n1. The number of thiophene rings is 1. The number of amides is 1. The third kappa shape index (κ3) is 3.00. The average molecular weight is 362 g/mol. The molecule has 0 aliphatic carbocycles. The van der Waals surface area contributed by atoms with Crippen LogP contribution in [0.4, 0.5) is 0 Å². The maximum atomic E-state index is 11.6. The van der Waals surface area contributed by atoms with Crippen LogP contribution in [0.15, 0.2) is 54.3 Å². The molecule has 4 aromatic rings. The largest absolute Gasteiger partial charge is 0.424 e. The molecular formula is C19H14N4O2S. The van der Waals surface area contributed by atoms with E-state index < -0.39 is 5.91 Å². The quantitative estimate of drug-likeness (QED) is 0.593. The molecular weight excluding hydrogens is 348 g/mol. The summed E-state index contributed by atoms with van der Waals surface area (Å²) in [7, 11) is 0. The van der Waals surface area contributed by atoms with Crippen molar-refractivity contribution < 1.29 is 9.53 Å². The predicted molar refractivity (Wildman–Crippen MR) is 100 cm³/mol. The van der Waals surface area contributed by atoms with E-state index in [4.69, 9.17) is 10.5 Å². The number of ether oxygens (including phenoxy) is 1. The Morgan fingerprint density at radius 1 is 1.15 bits per heavy atom. The lowest BCUT2D eigenvalue weighted by Crippen LogP contribution is -2.11. The summed E-state index contributed by atoms with van der Waals surface area (Å²) in [4.78, 5) is 24.0. The van der Waals surface area contributed by atoms with Gasteiger partial charge in [0.25, 0.3) is 5.91 Å². The average Bonchev–Trinajstić information content (AvgIpc) is 3.06. The molecule has 0 saturated heterocycles. The predicted octanol–water partition coefficient (Wildman–Crippen LogP) is 3.95. The molecule has 0 aliphatic heterocycles. The number of fused-ring (bicyclic) bond motifs is 1. The van der Waals surface area contributed by atoms with E-state index in [1.54, 1.807) is 12.4 Å². The van der Waals surface area contributed by atoms with Crippen LogP contribution in [-0.4, -0.2) is 20.9 Å². The van der Waals surface area contributed by atoms with E-state index in [1.165, 1.54) is 17.5 Å². The van der Waals surface area contributed by atoms with Crippen LogP contribution in [0.3, 0.4) is 0 Å². The minimum Gasteiger partial charge on any atom is -0.424 e. The molecule has 1 amide bonds. The van der Waals surface area contributed by atoms with Crippen molar-refractivity contribution in [2.45, 2.75) is 6.92 Å². The van der Waals surface area contributed by atoms with Gasteiger partial charge in [0.2, 0.25) is 0 Å². The van der Waals surface area contributed by atoms with Gasteiger partial charge in [0.1, 0.15) is 5.75 Å². The number of nitrogens with zero attached hydrogens (tertiary/aromatic N) is 3. The Labute approximate surface area is 153 Å². The monoisotopic (exact) mass is 362 g/mol. The molecule has 3 aromatic heterocycles. The van der Waals surface area contributed by atoms with Gasteiger partial charge in [-0.2, -0.15) is 0 Å². The highest BCUT2D eigenvalue weighted by Gasteiger charge is 2.13. The maximum Gasteiger partial charge on any atom is 0.322 e. The molecule has 7 heteroatoms. The van der Waals surface area contributed by atoms with Gasteiger partial charge < -0.3 is 10.5 Å². The fraction of sp³-hybridized carbons (Fsp3) is 0.0526. The number of hydrogen-bond donors (Lipinski definition) is 1. The summed E-state index contributed by atoms with van der Waals surface area (Å²) >= 11 is 1.48. The molecule has 26 heavy (non-hydrogen) atoms. The molecule has 3 heterocycles. The summed E-state index contributed by atoms with van der Waals surface area (Å²) < 4.78 is 6.52. The minimum atomic E-state index is -0.474. The van der Waals surface area contributed by atoms with Gasteiger partial charge in [0, 0.05) is 35.2 Å². The van der Waals surface area contributed by atoms with Gasteiger partial charge >= 0.3 is 6.01 Å². The Morgan fingerprint density at radius 3 is 2.69 bits per heavy atom. The van der Waals surface area contributed by atoms with Crippen molar-refractivity contribution in [1.82, 2.24) is 15.0 Å². The highest BCUT2D eigenvalue weighted by Crippen LogP contribution is 2.36. The van der Waals surface area contributed by atoms with Crippen molar-refractivity contribution in [3.63, 3.8) is 0 Å². The molecule has 2 N–H and O–H groups in total. The smallest absolute Gasteiger partial charge is 0.322 e. The van der Waals surface area contributed by atoms with E-state index in [1.807, 2.05) is 42.6 Å². The number of carbonyl (C=O) groups excluding carboxylic acids is 1. The number of benzene rings is 1. The van der Waals surface area contributed by atoms with Gasteiger partial charge in [-0.3, -0.25) is 9.78 Å². The zero-order valence-corrected chi connectivity index (χ0v) is 14.7. The van der Waals surface area contributed by atoms with Crippen molar-refractivity contribution in [2.75, 3.05) is 0 Å². The van der Waals surface area contributed by atoms with Gasteiger partial charge in [0.15, 0.2) is 0 Å². The van der Waals surface area contributed by atoms with E-state index in [0.29, 0.717) is 17.3 Å². The van der Waals surface area contributed by atoms with Crippen LogP contribution in [0.1, 0.15) is 16.1 Å². The number of primary amides is 1. The number of aromatic nitrogens is 3. The Kier molecular flexibility index (Phi) is 4.06. The van der Waals surface area contributed by atoms with Crippen molar-refractivity contribution in [3.05, 3.63) is 65.6 Å². The molecule has 6 nitrogen and oxygen atoms in total. The molecule has 0 unspecified atom stereocenters. The molecule has 0 fully saturated rings. The Bertz CT molecular complexity index is 1110. The summed E-state index contributed by atoms with van der Waals surface area (Å²) in [5.41, 5.74) is 8.71. The molecule has 0 atom stereocenters. The molecule has 0 radical (unpaired) electrons. The van der Waals surface area contributed by atoms with Gasteiger partial charge in [-0.05, 0) is 36.1 Å². The standard InChI is InChI=1S/C19H14N4O2S/c1-11-6-7-22-19(23-11)25-13-4-2-12(3-5-13)16-10-26-17-14(16)8-21-9-15(17)18(20)24/h2-10H,1H3,(H2,20,24). The molecule has 128 valence electrons. The fourth-order valence-electron chi connectivity index (χ4n) is 2.63. The highest BCUT2D eigenvalue weighted by molar-refractivity contribution is 7.18. The first-order valence-corrected chi connectivity index (χ1v) is 8.73. The molecule has 1 aromatic carbocycles. The lowest BCUT2D eigenvalue weighted by molar-refractivity contribution is 0.100. The zero-order valence-electron chi connectivity index (χ0n) is 13.8. The number of hydrogen-bond acceptors (Lipinski definition) is 6. The summed E-state index contributed by atoms with van der Waals surface area (Å²) in [6, 6.07) is 9.74. The Hall–Kier alpha value is -3.32. The normalized spacial score (nSPS) is 10.8. The molecule has 0 bridgehead atoms. The van der Waals surface area contributed by atoms with E-state index >= 15 is 0 Å². The van der Waals surface area contributed by atoms with E-state index in [-0.39, 0.29) is 0 Å². The maximum absolute atomic E-state index is 11.6. The third-order valence-electron chi connectivity index (χ3n) is 3.89. The number of aryl methyl sites for hydroxylation is 1. The summed E-state index contributed by atoms with van der Waals surface area (Å²) in [6.45, 7) is 1.88. The van der Waals surface area contributed by atoms with Crippen molar-refractivity contribution in [3.8, 4) is 22.9 Å². The van der Waals surface area contributed by atoms with Crippen molar-refractivity contribution in [1.29, 1.82) is 0 Å². The van der Waals surface area contributed by atoms with Crippen LogP contribution < -0.4 is 10.5 Å². The van der Waals surface area contributed by atoms with Crippen molar-refractivity contribution in [2.24, 2.45) is 5.73 Å². The van der Waals surface area contributed by atoms with E-state index in [0.717, 1.165) is 26.9 Å². The number of carbonyl (C=O) groups is 1. The van der Waals surface area contributed by atoms with Gasteiger partial charge in [0.05, 0.1) is 10.3 Å². The molecule has 0 saturated carbocycles. The number of nitrogens with two attached hydrogens (primary N) is 1. The Balaban J connectivity index is 1.66. The summed E-state index contributed by atoms with van der Waals surface area (Å²) in [5, 5.41) is 2.90. The second-order valence-electron chi connectivity index (χ2n) is 5.68. The molecule has 0 aliphatic rings. The highest BCUT2D eigenvalue weighted by atomic mass is 32.1. The Morgan fingerprint density at radius 2 is 1.96 bits per heavy atom. The van der Waals surface area contributed by atoms with Crippen LogP contribution in [0, 0.1) is 6.92 Å². The van der Waals surface area contributed by atoms with Crippen LogP contribution >= 0.6 is 11.3 Å². The van der Waals surface area contributed by atoms with E-state index in [9.17, 15) is 4.79 Å². The fourth-order valence-corrected chi connectivity index (χ4v) is 3.70. The van der Waals surface area contributed by atoms with Crippen LogP contribution in [0.5, 0.6) is 11.8 Å². The number of pyridine rings is 1. The van der Waals surface area contributed by atoms with Gasteiger partial charge in [-0.15, -0.1) is 11.3 Å². The van der Waals surface area contributed by atoms with Crippen LogP contribution in [0.25, 0.3) is 21.2 Å². The third-order valence-corrected chi connectivity index (χ3v) is 4.92. The van der Waals surface area contributed by atoms with Crippen molar-refractivity contribution >= 4 is 27.3 Å². The molecule has 0 spiro atoms. The lowest BCUT2D eigenvalue weighted by Gasteiger charge is -2.06. The lowest BCUT2D eigenvalue weighted by atomic mass is 10.0. The minimum absolute atomic E-state index is 0.314. The van der Waals surface area contributed by atoms with Gasteiger partial charge in [-0.25, -0.2) is 9.97 Å². The summed E-state index contributed by atoms with van der Waals surface area (Å²) in [5.74, 6) is 0.174. The first kappa shape index (κ1) is 16.2. The van der Waals surface area contributed by atoms with Crippen LogP contribution in [-0.2, 0) is 0 Å².